The Hall–Kier alpha value is -1.29. The molecule has 2 heterocycles. The Labute approximate surface area is 138 Å². The van der Waals surface area contributed by atoms with Crippen LogP contribution in [-0.2, 0) is 6.42 Å². The van der Waals surface area contributed by atoms with Crippen LogP contribution in [0.3, 0.4) is 0 Å². The number of furan rings is 1. The van der Waals surface area contributed by atoms with Gasteiger partial charge in [0, 0.05) is 24.9 Å². The molecule has 3 atom stereocenters. The van der Waals surface area contributed by atoms with Crippen molar-refractivity contribution >= 4 is 5.91 Å². The summed E-state index contributed by atoms with van der Waals surface area (Å²) in [5.41, 5.74) is 0.0724. The first-order valence-corrected chi connectivity index (χ1v) is 9.14. The van der Waals surface area contributed by atoms with Crippen LogP contribution in [0, 0.1) is 5.92 Å². The van der Waals surface area contributed by atoms with Gasteiger partial charge in [0.05, 0.1) is 17.4 Å². The zero-order valence-corrected chi connectivity index (χ0v) is 14.4. The zero-order valence-electron chi connectivity index (χ0n) is 14.4. The first-order chi connectivity index (χ1) is 11.0. The van der Waals surface area contributed by atoms with Crippen molar-refractivity contribution in [2.45, 2.75) is 76.9 Å². The summed E-state index contributed by atoms with van der Waals surface area (Å²) in [7, 11) is 0. The zero-order chi connectivity index (χ0) is 16.4. The monoisotopic (exact) mass is 319 g/mol. The second kappa shape index (κ2) is 6.68. The molecule has 0 unspecified atom stereocenters. The number of rotatable bonds is 4. The molecular formula is C19H29NO3. The molecule has 23 heavy (non-hydrogen) atoms. The summed E-state index contributed by atoms with van der Waals surface area (Å²) in [5, 5.41) is 10.8. The molecule has 0 bridgehead atoms. The van der Waals surface area contributed by atoms with E-state index in [0.717, 1.165) is 63.7 Å². The number of amides is 1. The topological polar surface area (TPSA) is 53.7 Å². The third-order valence-electron chi connectivity index (χ3n) is 5.72. The van der Waals surface area contributed by atoms with Crippen LogP contribution in [0.25, 0.3) is 0 Å². The minimum Gasteiger partial charge on any atom is -0.469 e. The van der Waals surface area contributed by atoms with Gasteiger partial charge in [0.1, 0.15) is 5.76 Å². The maximum atomic E-state index is 13.1. The Kier molecular flexibility index (Phi) is 4.81. The van der Waals surface area contributed by atoms with Crippen LogP contribution in [0.2, 0.25) is 0 Å². The number of hydrogen-bond donors (Lipinski definition) is 1. The molecule has 1 aliphatic heterocycles. The van der Waals surface area contributed by atoms with Crippen LogP contribution in [0.15, 0.2) is 16.7 Å². The third kappa shape index (κ3) is 3.18. The second-order valence-corrected chi connectivity index (χ2v) is 7.43. The van der Waals surface area contributed by atoms with E-state index in [-0.39, 0.29) is 17.9 Å². The molecule has 2 fully saturated rings. The van der Waals surface area contributed by atoms with E-state index >= 15 is 0 Å². The van der Waals surface area contributed by atoms with E-state index in [1.807, 2.05) is 17.9 Å². The number of carbonyl (C=O) groups excluding carboxylic acids is 1. The molecule has 4 heteroatoms. The van der Waals surface area contributed by atoms with E-state index < -0.39 is 5.60 Å². The minimum atomic E-state index is -0.644. The predicted molar refractivity (Wildman–Crippen MR) is 89.3 cm³/mol. The van der Waals surface area contributed by atoms with Gasteiger partial charge in [0.25, 0.3) is 5.91 Å². The van der Waals surface area contributed by atoms with Gasteiger partial charge in [-0.3, -0.25) is 4.79 Å². The highest BCUT2D eigenvalue weighted by Crippen LogP contribution is 2.41. The highest BCUT2D eigenvalue weighted by atomic mass is 16.3. The van der Waals surface area contributed by atoms with Crippen molar-refractivity contribution in [2.75, 3.05) is 6.54 Å². The van der Waals surface area contributed by atoms with Gasteiger partial charge < -0.3 is 14.4 Å². The summed E-state index contributed by atoms with van der Waals surface area (Å²) in [5.74, 6) is 1.09. The normalized spacial score (nSPS) is 31.5. The number of aliphatic hydroxyl groups is 1. The molecule has 2 aliphatic rings. The molecule has 0 radical (unpaired) electrons. The Bertz CT molecular complexity index is 549. The fourth-order valence-corrected chi connectivity index (χ4v) is 4.52. The summed E-state index contributed by atoms with van der Waals surface area (Å²) in [6.07, 6.45) is 9.55. The maximum absolute atomic E-state index is 13.1. The first-order valence-electron chi connectivity index (χ1n) is 9.14. The van der Waals surface area contributed by atoms with Gasteiger partial charge in [-0.2, -0.15) is 0 Å². The lowest BCUT2D eigenvalue weighted by molar-refractivity contribution is -0.0577. The number of aryl methyl sites for hydroxylation is 1. The molecule has 3 rings (SSSR count). The second-order valence-electron chi connectivity index (χ2n) is 7.43. The van der Waals surface area contributed by atoms with Crippen molar-refractivity contribution in [1.29, 1.82) is 0 Å². The fraction of sp³-hybridized carbons (Fsp3) is 0.737. The van der Waals surface area contributed by atoms with E-state index in [2.05, 4.69) is 6.92 Å². The van der Waals surface area contributed by atoms with Gasteiger partial charge in [0.2, 0.25) is 0 Å². The number of nitrogens with zero attached hydrogens (tertiary/aromatic N) is 1. The van der Waals surface area contributed by atoms with E-state index in [4.69, 9.17) is 4.42 Å². The van der Waals surface area contributed by atoms with Crippen LogP contribution in [-0.4, -0.2) is 34.1 Å². The van der Waals surface area contributed by atoms with Crippen molar-refractivity contribution in [3.63, 3.8) is 0 Å². The molecule has 1 saturated carbocycles. The van der Waals surface area contributed by atoms with E-state index in [9.17, 15) is 9.90 Å². The lowest BCUT2D eigenvalue weighted by Gasteiger charge is -2.43. The molecule has 1 aromatic rings. The van der Waals surface area contributed by atoms with Gasteiger partial charge >= 0.3 is 0 Å². The van der Waals surface area contributed by atoms with Crippen molar-refractivity contribution in [3.8, 4) is 0 Å². The summed E-state index contributed by atoms with van der Waals surface area (Å²) in [6, 6.07) is 1.98. The number of carbonyl (C=O) groups is 1. The Balaban J connectivity index is 1.81. The Morgan fingerprint density at radius 1 is 1.39 bits per heavy atom. The smallest absolute Gasteiger partial charge is 0.257 e. The maximum Gasteiger partial charge on any atom is 0.257 e. The molecular weight excluding hydrogens is 290 g/mol. The molecule has 4 nitrogen and oxygen atoms in total. The molecule has 1 aliphatic carbocycles. The van der Waals surface area contributed by atoms with Crippen molar-refractivity contribution in [3.05, 3.63) is 23.7 Å². The number of hydrogen-bond acceptors (Lipinski definition) is 3. The lowest BCUT2D eigenvalue weighted by Crippen LogP contribution is -2.50. The van der Waals surface area contributed by atoms with Gasteiger partial charge in [-0.25, -0.2) is 0 Å². The number of likely N-dealkylation sites (tertiary alicyclic amines) is 1. The third-order valence-corrected chi connectivity index (χ3v) is 5.72. The minimum absolute atomic E-state index is 0.0890. The van der Waals surface area contributed by atoms with Crippen LogP contribution >= 0.6 is 0 Å². The highest BCUT2D eigenvalue weighted by Gasteiger charge is 2.45. The Morgan fingerprint density at radius 3 is 2.96 bits per heavy atom. The van der Waals surface area contributed by atoms with Crippen LogP contribution in [0.5, 0.6) is 0 Å². The highest BCUT2D eigenvalue weighted by molar-refractivity contribution is 5.95. The summed E-state index contributed by atoms with van der Waals surface area (Å²) in [6.45, 7) is 4.85. The lowest BCUT2D eigenvalue weighted by atomic mass is 9.72. The SMILES string of the molecule is CCCc1occc1C(=O)N1CCC[C@@H]1[C@H]1CCCC[C@@]1(C)O. The van der Waals surface area contributed by atoms with Crippen molar-refractivity contribution in [2.24, 2.45) is 5.92 Å². The van der Waals surface area contributed by atoms with Gasteiger partial charge in [0.15, 0.2) is 0 Å². The summed E-state index contributed by atoms with van der Waals surface area (Å²) in [4.78, 5) is 15.1. The molecule has 0 spiro atoms. The molecule has 1 saturated heterocycles. The molecule has 0 aromatic carbocycles. The standard InChI is InChI=1S/C19H29NO3/c1-3-7-17-14(10-13-23-17)18(21)20-12-6-9-16(20)15-8-4-5-11-19(15,2)22/h10,13,15-16,22H,3-9,11-12H2,1-2H3/t15-,16-,19-/m1/s1. The van der Waals surface area contributed by atoms with Gasteiger partial charge in [-0.15, -0.1) is 0 Å². The van der Waals surface area contributed by atoms with E-state index in [1.54, 1.807) is 6.26 Å². The van der Waals surface area contributed by atoms with Crippen molar-refractivity contribution < 1.29 is 14.3 Å². The van der Waals surface area contributed by atoms with Crippen molar-refractivity contribution in [1.82, 2.24) is 4.90 Å². The molecule has 1 aromatic heterocycles. The van der Waals surface area contributed by atoms with Gasteiger partial charge in [-0.1, -0.05) is 19.8 Å². The Morgan fingerprint density at radius 2 is 2.22 bits per heavy atom. The van der Waals surface area contributed by atoms with Crippen LogP contribution in [0.4, 0.5) is 0 Å². The summed E-state index contributed by atoms with van der Waals surface area (Å²) >= 11 is 0. The van der Waals surface area contributed by atoms with E-state index in [0.29, 0.717) is 5.56 Å². The fourth-order valence-electron chi connectivity index (χ4n) is 4.52. The molecule has 1 N–H and O–H groups in total. The van der Waals surface area contributed by atoms with Crippen LogP contribution < -0.4 is 0 Å². The summed E-state index contributed by atoms with van der Waals surface area (Å²) < 4.78 is 5.51. The molecule has 1 amide bonds. The largest absolute Gasteiger partial charge is 0.469 e. The van der Waals surface area contributed by atoms with Crippen LogP contribution in [0.1, 0.15) is 74.9 Å². The average molecular weight is 319 g/mol. The first kappa shape index (κ1) is 16.6. The quantitative estimate of drug-likeness (QED) is 0.919. The van der Waals surface area contributed by atoms with E-state index in [1.165, 1.54) is 0 Å². The molecule has 128 valence electrons. The average Bonchev–Trinajstić information content (AvgIpc) is 3.15. The van der Waals surface area contributed by atoms with Gasteiger partial charge in [-0.05, 0) is 45.1 Å². The predicted octanol–water partition coefficient (Wildman–Crippen LogP) is 3.78.